The van der Waals surface area contributed by atoms with Crippen molar-refractivity contribution in [3.63, 3.8) is 0 Å². The van der Waals surface area contributed by atoms with Crippen molar-refractivity contribution in [2.45, 2.75) is 31.7 Å². The molecule has 1 atom stereocenters. The summed E-state index contributed by atoms with van der Waals surface area (Å²) in [6, 6.07) is 12.4. The molecule has 33 heavy (non-hydrogen) atoms. The molecule has 0 saturated carbocycles. The van der Waals surface area contributed by atoms with Crippen LogP contribution in [0.25, 0.3) is 5.70 Å². The van der Waals surface area contributed by atoms with Crippen LogP contribution in [0.4, 0.5) is 5.69 Å². The van der Waals surface area contributed by atoms with Gasteiger partial charge in [0.2, 0.25) is 0 Å². The number of hydrogen-bond acceptors (Lipinski definition) is 7. The summed E-state index contributed by atoms with van der Waals surface area (Å²) in [5.74, 6) is 2.47. The van der Waals surface area contributed by atoms with Crippen LogP contribution in [0, 0.1) is 0 Å². The summed E-state index contributed by atoms with van der Waals surface area (Å²) in [4.78, 5) is 7.24. The Morgan fingerprint density at radius 3 is 2.52 bits per heavy atom. The number of guanidine groups is 1. The normalized spacial score (nSPS) is 19.6. The average molecular weight is 471 g/mol. The van der Waals surface area contributed by atoms with Crippen molar-refractivity contribution in [3.05, 3.63) is 53.1 Å². The summed E-state index contributed by atoms with van der Waals surface area (Å²) >= 11 is 0. The molecule has 0 aliphatic carbocycles. The molecule has 3 aliphatic heterocycles. The lowest BCUT2D eigenvalue weighted by Crippen LogP contribution is -2.35. The molecule has 1 fully saturated rings. The molecule has 0 bridgehead atoms. The molecule has 2 aromatic carbocycles. The highest BCUT2D eigenvalue weighted by Crippen LogP contribution is 2.45. The minimum absolute atomic E-state index is 0. The van der Waals surface area contributed by atoms with E-state index in [1.165, 1.54) is 24.9 Å². The molecule has 0 radical (unpaired) electrons. The van der Waals surface area contributed by atoms with Crippen molar-refractivity contribution in [3.8, 4) is 17.2 Å². The molecule has 8 heteroatoms. The highest BCUT2D eigenvalue weighted by atomic mass is 35.5. The van der Waals surface area contributed by atoms with Gasteiger partial charge in [0.05, 0.1) is 32.1 Å². The summed E-state index contributed by atoms with van der Waals surface area (Å²) in [5, 5.41) is 3.29. The fraction of sp³-hybridized carbons (Fsp3) is 0.400. The number of methoxy groups -OCH3 is 2. The number of anilines is 1. The first kappa shape index (κ1) is 23.1. The van der Waals surface area contributed by atoms with Gasteiger partial charge in [-0.15, -0.1) is 12.4 Å². The van der Waals surface area contributed by atoms with E-state index in [0.717, 1.165) is 41.9 Å². The molecule has 3 aliphatic rings. The van der Waals surface area contributed by atoms with E-state index in [1.54, 1.807) is 14.2 Å². The highest BCUT2D eigenvalue weighted by Gasteiger charge is 2.31. The summed E-state index contributed by atoms with van der Waals surface area (Å²) in [6.07, 6.45) is 4.59. The highest BCUT2D eigenvalue weighted by molar-refractivity contribution is 5.94. The monoisotopic (exact) mass is 470 g/mol. The molecule has 0 aromatic heterocycles. The Morgan fingerprint density at radius 1 is 1.06 bits per heavy atom. The Balaban J connectivity index is 0.00000259. The lowest BCUT2D eigenvalue weighted by atomic mass is 9.91. The molecule has 3 N–H and O–H groups in total. The minimum atomic E-state index is -0.164. The summed E-state index contributed by atoms with van der Waals surface area (Å²) in [6.45, 7) is 2.80. The number of ether oxygens (including phenoxy) is 3. The molecular formula is C25H31ClN4O3. The van der Waals surface area contributed by atoms with E-state index >= 15 is 0 Å². The van der Waals surface area contributed by atoms with Crippen molar-refractivity contribution >= 4 is 29.8 Å². The number of benzene rings is 2. The second-order valence-electron chi connectivity index (χ2n) is 8.38. The molecule has 176 valence electrons. The third kappa shape index (κ3) is 4.42. The van der Waals surface area contributed by atoms with Gasteiger partial charge in [0.25, 0.3) is 0 Å². The largest absolute Gasteiger partial charge is 0.496 e. The SMILES string of the molecule is COc1cc(OC)c2c(c1)OCCC1=C2NC(N)=NC1c1ccc(N2CCCCC2)cc1.Cl. The standard InChI is InChI=1S/C25H30N4O3.ClH/c1-30-18-14-20(31-2)22-21(15-18)32-13-10-19-23(27-25(26)28-24(19)22)16-6-8-17(9-7-16)29-11-4-3-5-12-29;/h6-9,14-15,23H,3-5,10-13H2,1-2H3,(H3,26,27,28);1H. The predicted octanol–water partition coefficient (Wildman–Crippen LogP) is 4.27. The molecule has 3 heterocycles. The quantitative estimate of drug-likeness (QED) is 0.694. The van der Waals surface area contributed by atoms with Crippen LogP contribution >= 0.6 is 12.4 Å². The van der Waals surface area contributed by atoms with Gasteiger partial charge < -0.3 is 30.2 Å². The van der Waals surface area contributed by atoms with E-state index in [9.17, 15) is 0 Å². The van der Waals surface area contributed by atoms with Gasteiger partial charge in [-0.05, 0) is 42.5 Å². The second-order valence-corrected chi connectivity index (χ2v) is 8.38. The maximum atomic E-state index is 6.26. The lowest BCUT2D eigenvalue weighted by Gasteiger charge is -2.30. The average Bonchev–Trinajstić information content (AvgIpc) is 3.03. The van der Waals surface area contributed by atoms with Gasteiger partial charge >= 0.3 is 0 Å². The smallest absolute Gasteiger partial charge is 0.194 e. The third-order valence-corrected chi connectivity index (χ3v) is 6.48. The zero-order chi connectivity index (χ0) is 22.1. The number of nitrogens with two attached hydrogens (primary N) is 1. The van der Waals surface area contributed by atoms with E-state index in [4.69, 9.17) is 24.9 Å². The van der Waals surface area contributed by atoms with Crippen molar-refractivity contribution in [1.82, 2.24) is 5.32 Å². The van der Waals surface area contributed by atoms with E-state index in [-0.39, 0.29) is 18.4 Å². The van der Waals surface area contributed by atoms with Gasteiger partial charge in [-0.3, -0.25) is 0 Å². The maximum absolute atomic E-state index is 6.26. The first-order valence-corrected chi connectivity index (χ1v) is 11.3. The molecule has 5 rings (SSSR count). The van der Waals surface area contributed by atoms with Crippen molar-refractivity contribution < 1.29 is 14.2 Å². The van der Waals surface area contributed by atoms with Crippen molar-refractivity contribution in [1.29, 1.82) is 0 Å². The van der Waals surface area contributed by atoms with Crippen LogP contribution in [0.2, 0.25) is 0 Å². The van der Waals surface area contributed by atoms with Crippen LogP contribution in [-0.4, -0.2) is 39.9 Å². The second kappa shape index (κ2) is 9.83. The topological polar surface area (TPSA) is 81.3 Å². The van der Waals surface area contributed by atoms with E-state index < -0.39 is 0 Å². The first-order valence-electron chi connectivity index (χ1n) is 11.3. The summed E-state index contributed by atoms with van der Waals surface area (Å²) in [5.41, 5.74) is 11.6. The molecule has 7 nitrogen and oxygen atoms in total. The van der Waals surface area contributed by atoms with Crippen molar-refractivity contribution in [2.24, 2.45) is 10.7 Å². The predicted molar refractivity (Wildman–Crippen MR) is 134 cm³/mol. The first-order chi connectivity index (χ1) is 15.7. The van der Waals surface area contributed by atoms with E-state index in [0.29, 0.717) is 29.8 Å². The Labute approximate surface area is 201 Å². The van der Waals surface area contributed by atoms with Gasteiger partial charge in [-0.1, -0.05) is 12.1 Å². The molecule has 0 amide bonds. The molecule has 1 saturated heterocycles. The van der Waals surface area contributed by atoms with Crippen LogP contribution in [0.15, 0.2) is 47.0 Å². The van der Waals surface area contributed by atoms with Crippen LogP contribution in [0.3, 0.4) is 0 Å². The van der Waals surface area contributed by atoms with Gasteiger partial charge in [-0.25, -0.2) is 4.99 Å². The number of halogens is 1. The molecule has 0 spiro atoms. The number of fused-ring (bicyclic) bond motifs is 2. The Bertz CT molecular complexity index is 1060. The summed E-state index contributed by atoms with van der Waals surface area (Å²) in [7, 11) is 3.28. The minimum Gasteiger partial charge on any atom is -0.496 e. The van der Waals surface area contributed by atoms with Crippen LogP contribution in [-0.2, 0) is 0 Å². The number of aliphatic imine (C=N–C) groups is 1. The number of rotatable bonds is 4. The Hall–Kier alpha value is -3.06. The fourth-order valence-electron chi connectivity index (χ4n) is 4.85. The maximum Gasteiger partial charge on any atom is 0.194 e. The number of hydrogen-bond donors (Lipinski definition) is 2. The molecular weight excluding hydrogens is 440 g/mol. The fourth-order valence-corrected chi connectivity index (χ4v) is 4.85. The van der Waals surface area contributed by atoms with Crippen LogP contribution < -0.4 is 30.2 Å². The Kier molecular flexibility index (Phi) is 6.88. The van der Waals surface area contributed by atoms with Crippen LogP contribution in [0.5, 0.6) is 17.2 Å². The van der Waals surface area contributed by atoms with Gasteiger partial charge in [-0.2, -0.15) is 0 Å². The van der Waals surface area contributed by atoms with Gasteiger partial charge in [0.1, 0.15) is 23.3 Å². The van der Waals surface area contributed by atoms with E-state index in [2.05, 4.69) is 34.5 Å². The zero-order valence-electron chi connectivity index (χ0n) is 19.1. The molecule has 2 aromatic rings. The number of nitrogens with zero attached hydrogens (tertiary/aromatic N) is 2. The zero-order valence-corrected chi connectivity index (χ0v) is 19.9. The van der Waals surface area contributed by atoms with Gasteiger partial charge in [0.15, 0.2) is 5.96 Å². The van der Waals surface area contributed by atoms with Crippen LogP contribution in [0.1, 0.15) is 42.9 Å². The number of piperidine rings is 1. The lowest BCUT2D eigenvalue weighted by molar-refractivity contribution is 0.315. The van der Waals surface area contributed by atoms with Crippen molar-refractivity contribution in [2.75, 3.05) is 38.8 Å². The van der Waals surface area contributed by atoms with E-state index in [1.807, 2.05) is 12.1 Å². The third-order valence-electron chi connectivity index (χ3n) is 6.48. The Morgan fingerprint density at radius 2 is 1.82 bits per heavy atom. The summed E-state index contributed by atoms with van der Waals surface area (Å²) < 4.78 is 17.2. The number of nitrogens with one attached hydrogen (secondary N) is 1. The van der Waals surface area contributed by atoms with Gasteiger partial charge in [0, 0.05) is 37.3 Å². The molecule has 1 unspecified atom stereocenters.